The van der Waals surface area contributed by atoms with Crippen LogP contribution in [0.2, 0.25) is 0 Å². The van der Waals surface area contributed by atoms with Gasteiger partial charge in [-0.25, -0.2) is 4.99 Å². The highest BCUT2D eigenvalue weighted by atomic mass is 15.2. The molecule has 0 aliphatic heterocycles. The molecule has 128 valence electrons. The average Bonchev–Trinajstić information content (AvgIpc) is 2.53. The van der Waals surface area contributed by atoms with E-state index < -0.39 is 0 Å². The van der Waals surface area contributed by atoms with E-state index >= 15 is 0 Å². The SMILES string of the molecule is CCNC(=NCc1cccc(CN(C)C)c1)NC1CCCCC1. The van der Waals surface area contributed by atoms with E-state index in [1.807, 2.05) is 0 Å². The van der Waals surface area contributed by atoms with Crippen LogP contribution in [0.25, 0.3) is 0 Å². The minimum atomic E-state index is 0.585. The highest BCUT2D eigenvalue weighted by molar-refractivity contribution is 5.80. The Hall–Kier alpha value is -1.55. The van der Waals surface area contributed by atoms with Gasteiger partial charge >= 0.3 is 0 Å². The Kier molecular flexibility index (Phi) is 7.40. The lowest BCUT2D eigenvalue weighted by Gasteiger charge is -2.24. The van der Waals surface area contributed by atoms with Gasteiger partial charge in [-0.15, -0.1) is 0 Å². The molecular weight excluding hydrogens is 284 g/mol. The average molecular weight is 316 g/mol. The summed E-state index contributed by atoms with van der Waals surface area (Å²) in [6.45, 7) is 4.72. The van der Waals surface area contributed by atoms with Gasteiger partial charge in [0.1, 0.15) is 0 Å². The van der Waals surface area contributed by atoms with Crippen LogP contribution in [0.5, 0.6) is 0 Å². The lowest BCUT2D eigenvalue weighted by molar-refractivity contribution is 0.402. The maximum absolute atomic E-state index is 4.78. The monoisotopic (exact) mass is 316 g/mol. The molecular formula is C19H32N4. The Morgan fingerprint density at radius 2 is 1.91 bits per heavy atom. The van der Waals surface area contributed by atoms with E-state index in [4.69, 9.17) is 4.99 Å². The highest BCUT2D eigenvalue weighted by Gasteiger charge is 2.14. The van der Waals surface area contributed by atoms with Crippen molar-refractivity contribution in [2.24, 2.45) is 4.99 Å². The third-order valence-corrected chi connectivity index (χ3v) is 4.20. The molecule has 1 aliphatic rings. The second kappa shape index (κ2) is 9.56. The molecule has 1 fully saturated rings. The Morgan fingerprint density at radius 1 is 1.17 bits per heavy atom. The van der Waals surface area contributed by atoms with Gasteiger partial charge in [0, 0.05) is 19.1 Å². The first-order chi connectivity index (χ1) is 11.2. The maximum Gasteiger partial charge on any atom is 0.191 e. The topological polar surface area (TPSA) is 39.7 Å². The van der Waals surface area contributed by atoms with Gasteiger partial charge in [0.05, 0.1) is 6.54 Å². The first kappa shape index (κ1) is 17.8. The van der Waals surface area contributed by atoms with Crippen molar-refractivity contribution in [3.05, 3.63) is 35.4 Å². The van der Waals surface area contributed by atoms with Gasteiger partial charge in [0.15, 0.2) is 5.96 Å². The molecule has 0 atom stereocenters. The molecule has 0 heterocycles. The van der Waals surface area contributed by atoms with Crippen molar-refractivity contribution in [1.29, 1.82) is 0 Å². The summed E-state index contributed by atoms with van der Waals surface area (Å²) in [5.41, 5.74) is 2.61. The summed E-state index contributed by atoms with van der Waals surface area (Å²) in [4.78, 5) is 6.97. The van der Waals surface area contributed by atoms with E-state index in [0.717, 1.165) is 25.6 Å². The number of nitrogens with zero attached hydrogens (tertiary/aromatic N) is 2. The third-order valence-electron chi connectivity index (χ3n) is 4.20. The summed E-state index contributed by atoms with van der Waals surface area (Å²) in [6, 6.07) is 9.31. The molecule has 23 heavy (non-hydrogen) atoms. The maximum atomic E-state index is 4.78. The van der Waals surface area contributed by atoms with Crippen LogP contribution in [0.15, 0.2) is 29.3 Å². The van der Waals surface area contributed by atoms with Crippen LogP contribution in [-0.4, -0.2) is 37.5 Å². The van der Waals surface area contributed by atoms with Crippen molar-refractivity contribution in [2.75, 3.05) is 20.6 Å². The Morgan fingerprint density at radius 3 is 2.61 bits per heavy atom. The van der Waals surface area contributed by atoms with Crippen LogP contribution in [0.3, 0.4) is 0 Å². The fourth-order valence-electron chi connectivity index (χ4n) is 3.12. The van der Waals surface area contributed by atoms with Gasteiger partial charge < -0.3 is 15.5 Å². The van der Waals surface area contributed by atoms with Crippen LogP contribution in [-0.2, 0) is 13.1 Å². The lowest BCUT2D eigenvalue weighted by atomic mass is 9.96. The number of nitrogens with one attached hydrogen (secondary N) is 2. The first-order valence-electron chi connectivity index (χ1n) is 8.94. The number of rotatable bonds is 6. The molecule has 0 radical (unpaired) electrons. The molecule has 0 amide bonds. The fraction of sp³-hybridized carbons (Fsp3) is 0.632. The summed E-state index contributed by atoms with van der Waals surface area (Å²) < 4.78 is 0. The molecule has 4 nitrogen and oxygen atoms in total. The molecule has 1 aliphatic carbocycles. The second-order valence-corrected chi connectivity index (χ2v) is 6.73. The molecule has 0 saturated heterocycles. The van der Waals surface area contributed by atoms with Gasteiger partial charge in [-0.05, 0) is 45.0 Å². The minimum absolute atomic E-state index is 0.585. The molecule has 2 N–H and O–H groups in total. The van der Waals surface area contributed by atoms with Crippen molar-refractivity contribution in [2.45, 2.75) is 58.2 Å². The second-order valence-electron chi connectivity index (χ2n) is 6.73. The van der Waals surface area contributed by atoms with Gasteiger partial charge in [-0.1, -0.05) is 43.5 Å². The van der Waals surface area contributed by atoms with Crippen LogP contribution in [0.4, 0.5) is 0 Å². The molecule has 1 saturated carbocycles. The Bertz CT molecular complexity index is 490. The van der Waals surface area contributed by atoms with E-state index in [9.17, 15) is 0 Å². The summed E-state index contributed by atoms with van der Waals surface area (Å²) in [5, 5.41) is 6.98. The molecule has 2 rings (SSSR count). The molecule has 0 spiro atoms. The van der Waals surface area contributed by atoms with E-state index in [1.54, 1.807) is 0 Å². The van der Waals surface area contributed by atoms with Gasteiger partial charge in [-0.3, -0.25) is 0 Å². The predicted octanol–water partition coefficient (Wildman–Crippen LogP) is 3.14. The van der Waals surface area contributed by atoms with Crippen LogP contribution in [0, 0.1) is 0 Å². The number of hydrogen-bond acceptors (Lipinski definition) is 2. The quantitative estimate of drug-likeness (QED) is 0.626. The number of benzene rings is 1. The Labute approximate surface area is 141 Å². The molecule has 0 bridgehead atoms. The Balaban J connectivity index is 1.96. The van der Waals surface area contributed by atoms with Crippen LogP contribution in [0.1, 0.15) is 50.2 Å². The normalized spacial score (nSPS) is 16.6. The lowest BCUT2D eigenvalue weighted by Crippen LogP contribution is -2.44. The van der Waals surface area contributed by atoms with E-state index in [0.29, 0.717) is 6.04 Å². The van der Waals surface area contributed by atoms with Crippen molar-refractivity contribution in [3.8, 4) is 0 Å². The van der Waals surface area contributed by atoms with Crippen molar-refractivity contribution in [1.82, 2.24) is 15.5 Å². The summed E-state index contributed by atoms with van der Waals surface area (Å²) in [7, 11) is 4.20. The predicted molar refractivity (Wildman–Crippen MR) is 98.7 cm³/mol. The molecule has 1 aromatic rings. The van der Waals surface area contributed by atoms with Crippen molar-refractivity contribution in [3.63, 3.8) is 0 Å². The first-order valence-corrected chi connectivity index (χ1v) is 8.94. The van der Waals surface area contributed by atoms with E-state index in [2.05, 4.69) is 60.8 Å². The van der Waals surface area contributed by atoms with E-state index in [1.165, 1.54) is 43.2 Å². The molecule has 4 heteroatoms. The van der Waals surface area contributed by atoms with Gasteiger partial charge in [-0.2, -0.15) is 0 Å². The van der Waals surface area contributed by atoms with E-state index in [-0.39, 0.29) is 0 Å². The molecule has 0 unspecified atom stereocenters. The number of aliphatic imine (C=N–C) groups is 1. The molecule has 1 aromatic carbocycles. The zero-order chi connectivity index (χ0) is 16.5. The smallest absolute Gasteiger partial charge is 0.191 e. The van der Waals surface area contributed by atoms with Crippen molar-refractivity contribution >= 4 is 5.96 Å². The molecule has 0 aromatic heterocycles. The van der Waals surface area contributed by atoms with Crippen LogP contribution >= 0.6 is 0 Å². The van der Waals surface area contributed by atoms with Crippen LogP contribution < -0.4 is 10.6 Å². The van der Waals surface area contributed by atoms with Crippen molar-refractivity contribution < 1.29 is 0 Å². The fourth-order valence-corrected chi connectivity index (χ4v) is 3.12. The standard InChI is InChI=1S/C19H32N4/c1-4-20-19(22-18-11-6-5-7-12-18)21-14-16-9-8-10-17(13-16)15-23(2)3/h8-10,13,18H,4-7,11-12,14-15H2,1-3H3,(H2,20,21,22). The number of guanidine groups is 1. The highest BCUT2D eigenvalue weighted by Crippen LogP contribution is 2.17. The summed E-state index contributed by atoms with van der Waals surface area (Å²) in [5.74, 6) is 0.956. The number of hydrogen-bond donors (Lipinski definition) is 2. The largest absolute Gasteiger partial charge is 0.357 e. The van der Waals surface area contributed by atoms with Gasteiger partial charge in [0.25, 0.3) is 0 Å². The summed E-state index contributed by atoms with van der Waals surface area (Å²) in [6.07, 6.45) is 6.59. The zero-order valence-electron chi connectivity index (χ0n) is 14.9. The third kappa shape index (κ3) is 6.61. The minimum Gasteiger partial charge on any atom is -0.357 e. The summed E-state index contributed by atoms with van der Waals surface area (Å²) >= 11 is 0. The van der Waals surface area contributed by atoms with Gasteiger partial charge in [0.2, 0.25) is 0 Å². The zero-order valence-corrected chi connectivity index (χ0v) is 14.9.